The Morgan fingerprint density at radius 3 is 2.21 bits per heavy atom. The zero-order valence-electron chi connectivity index (χ0n) is 14.8. The lowest BCUT2D eigenvalue weighted by atomic mass is 9.96. The van der Waals surface area contributed by atoms with Crippen LogP contribution in [0.5, 0.6) is 0 Å². The highest BCUT2D eigenvalue weighted by molar-refractivity contribution is 7.83. The summed E-state index contributed by atoms with van der Waals surface area (Å²) in [4.78, 5) is 13.3. The molecule has 0 bridgehead atoms. The van der Waals surface area contributed by atoms with E-state index in [2.05, 4.69) is 4.72 Å². The molecule has 0 fully saturated rings. The van der Waals surface area contributed by atoms with Crippen LogP contribution in [0.2, 0.25) is 0 Å². The van der Waals surface area contributed by atoms with Crippen LogP contribution < -0.4 is 4.72 Å². The van der Waals surface area contributed by atoms with Crippen molar-refractivity contribution in [2.45, 2.75) is 45.4 Å². The molecule has 0 radical (unpaired) electrons. The van der Waals surface area contributed by atoms with Crippen molar-refractivity contribution in [2.24, 2.45) is 5.92 Å². The lowest BCUT2D eigenvalue weighted by Gasteiger charge is -2.16. The Labute approximate surface area is 147 Å². The van der Waals surface area contributed by atoms with Gasteiger partial charge in [-0.3, -0.25) is 9.52 Å². The van der Waals surface area contributed by atoms with Crippen molar-refractivity contribution in [1.82, 2.24) is 4.72 Å². The number of aryl methyl sites for hydroxylation is 3. The molecule has 0 aliphatic heterocycles. The van der Waals surface area contributed by atoms with Gasteiger partial charge in [0.05, 0.1) is 4.90 Å². The van der Waals surface area contributed by atoms with Crippen molar-refractivity contribution in [2.75, 3.05) is 0 Å². The highest BCUT2D eigenvalue weighted by Crippen LogP contribution is 2.20. The highest BCUT2D eigenvalue weighted by Gasteiger charge is 2.21. The molecule has 0 aliphatic rings. The Hall–Kier alpha value is -1.94. The van der Waals surface area contributed by atoms with Crippen LogP contribution in [-0.2, 0) is 22.2 Å². The van der Waals surface area contributed by atoms with E-state index in [-0.39, 0.29) is 11.8 Å². The number of carbonyl (C=O) groups excluding carboxylic acids is 1. The molecule has 2 atom stereocenters. The van der Waals surface area contributed by atoms with Gasteiger partial charge < -0.3 is 0 Å². The van der Waals surface area contributed by atoms with E-state index in [0.29, 0.717) is 17.7 Å². The summed E-state index contributed by atoms with van der Waals surface area (Å²) in [5.74, 6) is -0.332. The summed E-state index contributed by atoms with van der Waals surface area (Å²) in [6, 6.07) is 13.9. The van der Waals surface area contributed by atoms with Crippen molar-refractivity contribution < 1.29 is 9.00 Å². The van der Waals surface area contributed by atoms with E-state index < -0.39 is 11.0 Å². The maximum Gasteiger partial charge on any atom is 0.235 e. The molecule has 1 amide bonds. The van der Waals surface area contributed by atoms with Crippen molar-refractivity contribution in [3.8, 4) is 0 Å². The number of amides is 1. The second-order valence-electron chi connectivity index (χ2n) is 6.26. The van der Waals surface area contributed by atoms with E-state index in [9.17, 15) is 9.00 Å². The number of hydrogen-bond donors (Lipinski definition) is 1. The Balaban J connectivity index is 2.11. The van der Waals surface area contributed by atoms with Crippen LogP contribution in [0.1, 0.15) is 35.6 Å². The fourth-order valence-electron chi connectivity index (χ4n) is 3.01. The topological polar surface area (TPSA) is 46.2 Å². The smallest absolute Gasteiger partial charge is 0.235 e. The molecule has 0 aliphatic carbocycles. The van der Waals surface area contributed by atoms with Crippen molar-refractivity contribution in [3.05, 3.63) is 64.7 Å². The maximum atomic E-state index is 12.7. The standard InChI is InChI=1S/C20H25NO2S/c1-5-18(13-17-9-7-6-8-10-17)20(22)21-24(23)19-15(3)11-14(2)12-16(19)4/h6-12,18H,5,13H2,1-4H3,(H,21,22)/t18-,24?/m1/s1. The molecule has 0 spiro atoms. The van der Waals surface area contributed by atoms with E-state index in [4.69, 9.17) is 0 Å². The number of benzene rings is 2. The van der Waals surface area contributed by atoms with Crippen LogP contribution in [0.4, 0.5) is 0 Å². The van der Waals surface area contributed by atoms with Gasteiger partial charge in [0.2, 0.25) is 5.91 Å². The van der Waals surface area contributed by atoms with Crippen LogP contribution in [-0.4, -0.2) is 10.1 Å². The monoisotopic (exact) mass is 343 g/mol. The predicted octanol–water partition coefficient (Wildman–Crippen LogP) is 4.02. The zero-order valence-corrected chi connectivity index (χ0v) is 15.6. The van der Waals surface area contributed by atoms with E-state index in [1.54, 1.807) is 0 Å². The first-order valence-electron chi connectivity index (χ1n) is 8.26. The van der Waals surface area contributed by atoms with Gasteiger partial charge in [0, 0.05) is 5.92 Å². The third-order valence-corrected chi connectivity index (χ3v) is 5.57. The van der Waals surface area contributed by atoms with E-state index in [1.165, 1.54) is 0 Å². The average Bonchev–Trinajstić information content (AvgIpc) is 2.52. The van der Waals surface area contributed by atoms with Crippen LogP contribution in [0.15, 0.2) is 47.4 Å². The highest BCUT2D eigenvalue weighted by atomic mass is 32.2. The van der Waals surface area contributed by atoms with Crippen LogP contribution >= 0.6 is 0 Å². The van der Waals surface area contributed by atoms with Gasteiger partial charge >= 0.3 is 0 Å². The summed E-state index contributed by atoms with van der Waals surface area (Å²) < 4.78 is 15.4. The van der Waals surface area contributed by atoms with Crippen molar-refractivity contribution >= 4 is 16.9 Å². The summed E-state index contributed by atoms with van der Waals surface area (Å²) in [7, 11) is -1.52. The van der Waals surface area contributed by atoms with Gasteiger partial charge in [-0.25, -0.2) is 4.21 Å². The fourth-order valence-corrected chi connectivity index (χ4v) is 4.16. The molecule has 0 saturated heterocycles. The Kier molecular flexibility index (Phi) is 6.32. The molecule has 0 saturated carbocycles. The first-order valence-corrected chi connectivity index (χ1v) is 9.41. The van der Waals surface area contributed by atoms with Crippen molar-refractivity contribution in [1.29, 1.82) is 0 Å². The Morgan fingerprint density at radius 2 is 1.67 bits per heavy atom. The molecular weight excluding hydrogens is 318 g/mol. The molecule has 2 rings (SSSR count). The largest absolute Gasteiger partial charge is 0.274 e. The molecule has 1 N–H and O–H groups in total. The normalized spacial score (nSPS) is 13.3. The number of rotatable bonds is 6. The van der Waals surface area contributed by atoms with Crippen molar-refractivity contribution in [3.63, 3.8) is 0 Å². The molecule has 4 heteroatoms. The van der Waals surface area contributed by atoms with E-state index in [0.717, 1.165) is 22.3 Å². The van der Waals surface area contributed by atoms with Gasteiger partial charge in [0.25, 0.3) is 0 Å². The second-order valence-corrected chi connectivity index (χ2v) is 7.41. The molecule has 24 heavy (non-hydrogen) atoms. The molecule has 2 aromatic carbocycles. The van der Waals surface area contributed by atoms with E-state index in [1.807, 2.05) is 70.2 Å². The van der Waals surface area contributed by atoms with Crippen LogP contribution in [0.3, 0.4) is 0 Å². The average molecular weight is 343 g/mol. The summed E-state index contributed by atoms with van der Waals surface area (Å²) >= 11 is 0. The number of hydrogen-bond acceptors (Lipinski definition) is 2. The first-order chi connectivity index (χ1) is 11.4. The quantitative estimate of drug-likeness (QED) is 0.861. The van der Waals surface area contributed by atoms with E-state index >= 15 is 0 Å². The lowest BCUT2D eigenvalue weighted by Crippen LogP contribution is -2.33. The minimum Gasteiger partial charge on any atom is -0.274 e. The van der Waals surface area contributed by atoms with Gasteiger partial charge in [-0.05, 0) is 50.3 Å². The molecule has 2 aromatic rings. The SMILES string of the molecule is CC[C@H](Cc1ccccc1)C(=O)NS(=O)c1c(C)cc(C)cc1C. The predicted molar refractivity (Wildman–Crippen MR) is 99.1 cm³/mol. The molecule has 3 nitrogen and oxygen atoms in total. The van der Waals surface area contributed by atoms with Gasteiger partial charge in [-0.15, -0.1) is 0 Å². The number of nitrogens with one attached hydrogen (secondary N) is 1. The van der Waals surface area contributed by atoms with Gasteiger partial charge in [-0.1, -0.05) is 55.0 Å². The maximum absolute atomic E-state index is 12.7. The lowest BCUT2D eigenvalue weighted by molar-refractivity contribution is -0.123. The number of carbonyl (C=O) groups is 1. The van der Waals surface area contributed by atoms with Gasteiger partial charge in [-0.2, -0.15) is 0 Å². The minimum atomic E-state index is -1.52. The summed E-state index contributed by atoms with van der Waals surface area (Å²) in [5.41, 5.74) is 4.14. The first kappa shape index (κ1) is 18.4. The third-order valence-electron chi connectivity index (χ3n) is 4.17. The Morgan fingerprint density at radius 1 is 1.08 bits per heavy atom. The molecule has 0 heterocycles. The third kappa shape index (κ3) is 4.54. The summed E-state index contributed by atoms with van der Waals surface area (Å²) in [6.07, 6.45) is 1.37. The fraction of sp³-hybridized carbons (Fsp3) is 0.350. The molecule has 0 aromatic heterocycles. The van der Waals surface area contributed by atoms with Crippen LogP contribution in [0, 0.1) is 26.7 Å². The van der Waals surface area contributed by atoms with Crippen LogP contribution in [0.25, 0.3) is 0 Å². The molecule has 128 valence electrons. The zero-order chi connectivity index (χ0) is 17.7. The summed E-state index contributed by atoms with van der Waals surface area (Å²) in [5, 5.41) is 0. The Bertz CT molecular complexity index is 718. The second kappa shape index (κ2) is 8.25. The molecular formula is C20H25NO2S. The molecule has 1 unspecified atom stereocenters. The summed E-state index contributed by atoms with van der Waals surface area (Å²) in [6.45, 7) is 7.86. The van der Waals surface area contributed by atoms with Gasteiger partial charge in [0.15, 0.2) is 11.0 Å². The van der Waals surface area contributed by atoms with Gasteiger partial charge in [0.1, 0.15) is 0 Å². The minimum absolute atomic E-state index is 0.154.